The van der Waals surface area contributed by atoms with Crippen molar-refractivity contribution in [1.29, 1.82) is 0 Å². The lowest BCUT2D eigenvalue weighted by Crippen LogP contribution is -2.61. The molecule has 0 bridgehead atoms. The van der Waals surface area contributed by atoms with Crippen LogP contribution in [0.2, 0.25) is 0 Å². The molecular weight excluding hydrogens is 1660 g/mol. The third-order valence-corrected chi connectivity index (χ3v) is 22.1. The van der Waals surface area contributed by atoms with E-state index in [0.29, 0.717) is 88.3 Å². The molecule has 1 aromatic heterocycles. The summed E-state index contributed by atoms with van der Waals surface area (Å²) in [5.74, 6) is -13.9. The van der Waals surface area contributed by atoms with E-state index in [4.69, 9.17) is 34.4 Å². The van der Waals surface area contributed by atoms with Crippen LogP contribution in [-0.4, -0.2) is 223 Å². The van der Waals surface area contributed by atoms with Crippen LogP contribution in [0.4, 0.5) is 0 Å². The van der Waals surface area contributed by atoms with E-state index in [2.05, 4.69) is 84.7 Å². The number of H-pyrrole nitrogens is 1. The maximum atomic E-state index is 15.1. The van der Waals surface area contributed by atoms with Gasteiger partial charge in [-0.05, 0) is 208 Å². The normalized spacial score (nSPS) is 14.9. The SMILES string of the molecule is CC[C@H](C)[C@H](NC(=O)[C@H](CCCCN)NC(=O)[C@H](CCCCN)NC(=O)[C@H](Cc1ccccc1)NC(=O)[C@H](CC(C)C)NC(=O)[C@H](CCCCN)NC(=O)[C@H](Cc1c[nH]c2ccccc12)NC(=O)[C@H](CCCCN)NC(C)=O)C(=O)NCC(=O)N[C@@H](C)C(=O)N[C@H](C(=O)N[C@@H](CC(C)C)C(=O)N[C@@H](CCCCN)C(=O)N[C@H](C(=O)N[C@@H](CC(C)C)C(N)=O)C(C)C)C(C)C. The summed E-state index contributed by atoms with van der Waals surface area (Å²) < 4.78 is 0. The highest BCUT2D eigenvalue weighted by Gasteiger charge is 2.40. The molecule has 0 aliphatic carbocycles. The Kier molecular flexibility index (Phi) is 52.5. The molecule has 28 N–H and O–H groups in total. The lowest BCUT2D eigenvalue weighted by molar-refractivity contribution is -0.136. The van der Waals surface area contributed by atoms with Gasteiger partial charge in [0.2, 0.25) is 94.5 Å². The van der Waals surface area contributed by atoms with Crippen molar-refractivity contribution in [3.63, 3.8) is 0 Å². The number of unbranched alkanes of at least 4 members (excludes halogenated alkanes) is 5. The first-order valence-electron chi connectivity index (χ1n) is 46.0. The Morgan fingerprint density at radius 2 is 0.659 bits per heavy atom. The molecule has 0 radical (unpaired) electrons. The third-order valence-electron chi connectivity index (χ3n) is 22.1. The third kappa shape index (κ3) is 41.7. The molecule has 38 nitrogen and oxygen atoms in total. The molecule has 1 heterocycles. The van der Waals surface area contributed by atoms with E-state index < -0.39 is 203 Å². The number of fused-ring (bicyclic) bond motifs is 1. The Morgan fingerprint density at radius 3 is 1.05 bits per heavy atom. The predicted octanol–water partition coefficient (Wildman–Crippen LogP) is 0.523. The summed E-state index contributed by atoms with van der Waals surface area (Å²) >= 11 is 0. The number of primary amides is 1. The van der Waals surface area contributed by atoms with Crippen molar-refractivity contribution >= 4 is 105 Å². The van der Waals surface area contributed by atoms with E-state index in [1.54, 1.807) is 78.1 Å². The van der Waals surface area contributed by atoms with Gasteiger partial charge in [0, 0.05) is 36.9 Å². The maximum absolute atomic E-state index is 15.1. The van der Waals surface area contributed by atoms with E-state index in [9.17, 15) is 67.1 Å². The summed E-state index contributed by atoms with van der Waals surface area (Å²) in [6.45, 7) is 24.4. The molecule has 3 aromatic rings. The molecule has 16 amide bonds. The number of rotatable bonds is 64. The molecule has 2 aromatic carbocycles. The molecule has 0 fully saturated rings. The van der Waals surface area contributed by atoms with Crippen LogP contribution < -0.4 is 114 Å². The molecule has 0 unspecified atom stereocenters. The Bertz CT molecular complexity index is 4050. The Labute approximate surface area is 760 Å². The second kappa shape index (κ2) is 60.2. The lowest BCUT2D eigenvalue weighted by atomic mass is 9.97. The summed E-state index contributed by atoms with van der Waals surface area (Å²) in [6.07, 6.45) is 6.92. The highest BCUT2D eigenvalue weighted by Crippen LogP contribution is 2.22. The predicted molar refractivity (Wildman–Crippen MR) is 495 cm³/mol. The molecule has 15 atom stereocenters. The number of para-hydroxylation sites is 1. The minimum absolute atomic E-state index is 0.000773. The van der Waals surface area contributed by atoms with E-state index in [0.717, 1.165) is 10.9 Å². The van der Waals surface area contributed by atoms with E-state index in [1.807, 2.05) is 65.8 Å². The zero-order valence-electron chi connectivity index (χ0n) is 78.4. The fourth-order valence-corrected chi connectivity index (χ4v) is 14.6. The number of carbonyl (C=O) groups excluding carboxylic acids is 16. The van der Waals surface area contributed by atoms with Crippen LogP contribution in [0.5, 0.6) is 0 Å². The van der Waals surface area contributed by atoms with Crippen molar-refractivity contribution in [2.75, 3.05) is 39.3 Å². The summed E-state index contributed by atoms with van der Waals surface area (Å²) in [5.41, 5.74) is 37.0. The molecule has 3 rings (SSSR count). The van der Waals surface area contributed by atoms with Gasteiger partial charge in [0.15, 0.2) is 0 Å². The number of aromatic nitrogens is 1. The number of nitrogens with one attached hydrogen (secondary N) is 16. The van der Waals surface area contributed by atoms with Crippen LogP contribution in [0.25, 0.3) is 10.9 Å². The van der Waals surface area contributed by atoms with Gasteiger partial charge < -0.3 is 119 Å². The highest BCUT2D eigenvalue weighted by atomic mass is 16.2. The Balaban J connectivity index is 1.89. The largest absolute Gasteiger partial charge is 0.368 e. The number of aromatic amines is 1. The Morgan fingerprint density at radius 1 is 0.333 bits per heavy atom. The Hall–Kier alpha value is -10.7. The first-order valence-corrected chi connectivity index (χ1v) is 46.0. The van der Waals surface area contributed by atoms with Gasteiger partial charge >= 0.3 is 0 Å². The molecular formula is C91H154N22O16. The van der Waals surface area contributed by atoms with Gasteiger partial charge in [-0.3, -0.25) is 76.7 Å². The first kappa shape index (κ1) is 112. The topological polar surface area (TPSA) is 625 Å². The smallest absolute Gasteiger partial charge is 0.243 e. The summed E-state index contributed by atoms with van der Waals surface area (Å²) in [4.78, 5) is 230. The van der Waals surface area contributed by atoms with Crippen molar-refractivity contribution in [2.24, 2.45) is 69.9 Å². The zero-order valence-corrected chi connectivity index (χ0v) is 78.4. The molecule has 129 heavy (non-hydrogen) atoms. The molecule has 0 spiro atoms. The van der Waals surface area contributed by atoms with Crippen LogP contribution in [0, 0.1) is 35.5 Å². The number of nitrogens with two attached hydrogens (primary N) is 6. The van der Waals surface area contributed by atoms with E-state index >= 15 is 9.59 Å². The second-order valence-electron chi connectivity index (χ2n) is 35.6. The first-order chi connectivity index (χ1) is 61.1. The number of carbonyl (C=O) groups is 16. The van der Waals surface area contributed by atoms with Crippen molar-refractivity contribution in [1.82, 2.24) is 84.7 Å². The molecule has 38 heteroatoms. The van der Waals surface area contributed by atoms with Crippen molar-refractivity contribution in [3.8, 4) is 0 Å². The molecule has 0 saturated heterocycles. The molecule has 724 valence electrons. The average molecular weight is 1810 g/mol. The van der Waals surface area contributed by atoms with Crippen LogP contribution in [0.3, 0.4) is 0 Å². The summed E-state index contributed by atoms with van der Waals surface area (Å²) in [5, 5.41) is 41.9. The van der Waals surface area contributed by atoms with Crippen molar-refractivity contribution in [3.05, 3.63) is 71.9 Å². The number of hydrogen-bond acceptors (Lipinski definition) is 21. The van der Waals surface area contributed by atoms with E-state index in [1.165, 1.54) is 13.8 Å². The van der Waals surface area contributed by atoms with Gasteiger partial charge in [-0.2, -0.15) is 0 Å². The van der Waals surface area contributed by atoms with Gasteiger partial charge in [0.05, 0.1) is 6.54 Å². The van der Waals surface area contributed by atoms with Gasteiger partial charge in [0.25, 0.3) is 0 Å². The van der Waals surface area contributed by atoms with Crippen LogP contribution in [0.15, 0.2) is 60.8 Å². The van der Waals surface area contributed by atoms with Crippen LogP contribution in [-0.2, 0) is 89.6 Å². The number of amides is 16. The highest BCUT2D eigenvalue weighted by molar-refractivity contribution is 6.01. The molecule has 0 saturated carbocycles. The van der Waals surface area contributed by atoms with Gasteiger partial charge in [-0.15, -0.1) is 0 Å². The second-order valence-corrected chi connectivity index (χ2v) is 35.6. The monoisotopic (exact) mass is 1810 g/mol. The molecule has 0 aliphatic rings. The van der Waals surface area contributed by atoms with Gasteiger partial charge in [-0.1, -0.05) is 138 Å². The maximum Gasteiger partial charge on any atom is 0.243 e. The standard InChI is InChI=1S/C91H154N22O16/c1-15-57(12)77(89(127)99-51-74(115)100-58(13)79(117)111-75(55(8)9)91(129)110-71(47-54(6)7)85(123)105-67(38-24-29-43-95)83(121)112-76(56(10)11)90(128)106-69(78(97)116)45-52(2)3)113-84(122)68(39-25-30-44-96)102-81(119)65(36-22-27-41-93)103-87(125)72(48-60-31-17-16-18-32-60)108-86(124)70(46-53(4)5)107-82(120)66(37-23-28-42-94)104-88(126)73(49-61-50-98-63-34-20-19-33-62(61)63)109-80(118)64(101-59(14)114)35-21-26-40-92/h16-20,31-34,50,52-58,64-73,75-77,98H,15,21-30,35-49,51,92-96H2,1-14H3,(H2,97,116)(H,99,127)(H,100,115)(H,101,114)(H,102,119)(H,103,125)(H,104,126)(H,105,123)(H,106,128)(H,107,120)(H,108,124)(H,109,118)(H,110,129)(H,111,117)(H,112,121)(H,113,122)/t57-,58-,64-,65-,66-,67-,68-,69-,70-,71-,72-,73-,75-,76-,77-/m0/s1. The fraction of sp³-hybridized carbons (Fsp3) is 0.670. The van der Waals surface area contributed by atoms with Gasteiger partial charge in [0.1, 0.15) is 84.6 Å². The van der Waals surface area contributed by atoms with Gasteiger partial charge in [-0.25, -0.2) is 0 Å². The number of benzene rings is 2. The van der Waals surface area contributed by atoms with Crippen LogP contribution >= 0.6 is 0 Å². The minimum atomic E-state index is -1.41. The zero-order chi connectivity index (χ0) is 96.6. The molecule has 0 aliphatic heterocycles. The lowest BCUT2D eigenvalue weighted by Gasteiger charge is -2.29. The average Bonchev–Trinajstić information content (AvgIpc) is 1.67. The van der Waals surface area contributed by atoms with Crippen molar-refractivity contribution in [2.45, 2.75) is 316 Å². The summed E-state index contributed by atoms with van der Waals surface area (Å²) in [7, 11) is 0. The quantitative estimate of drug-likeness (QED) is 0.0343. The van der Waals surface area contributed by atoms with E-state index in [-0.39, 0.29) is 108 Å². The summed E-state index contributed by atoms with van der Waals surface area (Å²) in [6, 6.07) is -1.39. The number of hydrogen-bond donors (Lipinski definition) is 22. The van der Waals surface area contributed by atoms with Crippen molar-refractivity contribution < 1.29 is 76.7 Å². The van der Waals surface area contributed by atoms with Crippen LogP contribution in [0.1, 0.15) is 230 Å². The minimum Gasteiger partial charge on any atom is -0.368 e. The fourth-order valence-electron chi connectivity index (χ4n) is 14.6.